The van der Waals surface area contributed by atoms with Crippen LogP contribution in [0.2, 0.25) is 0 Å². The van der Waals surface area contributed by atoms with Gasteiger partial charge in [-0.15, -0.1) is 0 Å². The van der Waals surface area contributed by atoms with Crippen LogP contribution in [0.5, 0.6) is 0 Å². The SMILES string of the molecule is C[C@@H](c1cc2ccccc2o1)N(C)C(=O)CC(F)(F)F. The second-order valence-electron chi connectivity index (χ2n) is 4.66. The number of fused-ring (bicyclic) bond motifs is 1. The van der Waals surface area contributed by atoms with Crippen molar-refractivity contribution in [3.05, 3.63) is 36.1 Å². The Bertz CT molecular complexity index is 585. The molecule has 0 spiro atoms. The van der Waals surface area contributed by atoms with E-state index < -0.39 is 24.5 Å². The van der Waals surface area contributed by atoms with Gasteiger partial charge in [0.1, 0.15) is 17.8 Å². The number of hydrogen-bond donors (Lipinski definition) is 0. The zero-order valence-electron chi connectivity index (χ0n) is 11.1. The van der Waals surface area contributed by atoms with Gasteiger partial charge in [-0.2, -0.15) is 13.2 Å². The predicted molar refractivity (Wildman–Crippen MR) is 68.1 cm³/mol. The van der Waals surface area contributed by atoms with Crippen LogP contribution < -0.4 is 0 Å². The molecule has 2 rings (SSSR count). The number of amides is 1. The molecule has 1 aromatic carbocycles. The molecule has 3 nitrogen and oxygen atoms in total. The number of rotatable bonds is 3. The van der Waals surface area contributed by atoms with Crippen LogP contribution in [0.1, 0.15) is 25.1 Å². The summed E-state index contributed by atoms with van der Waals surface area (Å²) in [5.74, 6) is -0.519. The Morgan fingerprint density at radius 2 is 2.00 bits per heavy atom. The number of halogens is 3. The molecule has 1 heterocycles. The molecule has 1 atom stereocenters. The van der Waals surface area contributed by atoms with E-state index in [1.807, 2.05) is 12.1 Å². The van der Waals surface area contributed by atoms with Gasteiger partial charge in [-0.3, -0.25) is 4.79 Å². The van der Waals surface area contributed by atoms with Crippen molar-refractivity contribution in [3.8, 4) is 0 Å². The van der Waals surface area contributed by atoms with Gasteiger partial charge >= 0.3 is 6.18 Å². The third-order valence-electron chi connectivity index (χ3n) is 3.18. The topological polar surface area (TPSA) is 33.5 Å². The zero-order valence-corrected chi connectivity index (χ0v) is 11.1. The fourth-order valence-corrected chi connectivity index (χ4v) is 1.91. The highest BCUT2D eigenvalue weighted by Crippen LogP contribution is 2.28. The lowest BCUT2D eigenvalue weighted by Gasteiger charge is -2.23. The Labute approximate surface area is 114 Å². The first kappa shape index (κ1) is 14.4. The predicted octanol–water partition coefficient (Wildman–Crippen LogP) is 3.90. The summed E-state index contributed by atoms with van der Waals surface area (Å²) in [7, 11) is 1.34. The molecule has 20 heavy (non-hydrogen) atoms. The fraction of sp³-hybridized carbons (Fsp3) is 0.357. The third-order valence-corrected chi connectivity index (χ3v) is 3.18. The van der Waals surface area contributed by atoms with E-state index in [2.05, 4.69) is 0 Å². The second kappa shape index (κ2) is 5.19. The summed E-state index contributed by atoms with van der Waals surface area (Å²) < 4.78 is 42.2. The molecule has 1 aromatic heterocycles. The summed E-state index contributed by atoms with van der Waals surface area (Å²) in [4.78, 5) is 12.6. The van der Waals surface area contributed by atoms with E-state index in [4.69, 9.17) is 4.42 Å². The summed E-state index contributed by atoms with van der Waals surface area (Å²) in [5, 5.41) is 0.853. The maximum absolute atomic E-state index is 12.2. The molecule has 0 saturated carbocycles. The normalized spacial score (nSPS) is 13.4. The largest absolute Gasteiger partial charge is 0.459 e. The average molecular weight is 285 g/mol. The van der Waals surface area contributed by atoms with Crippen molar-refractivity contribution in [3.63, 3.8) is 0 Å². The lowest BCUT2D eigenvalue weighted by atomic mass is 10.2. The lowest BCUT2D eigenvalue weighted by Crippen LogP contribution is -2.32. The van der Waals surface area contributed by atoms with E-state index in [0.29, 0.717) is 11.3 Å². The van der Waals surface area contributed by atoms with Crippen molar-refractivity contribution < 1.29 is 22.4 Å². The molecule has 2 aromatic rings. The van der Waals surface area contributed by atoms with Crippen LogP contribution in [0.3, 0.4) is 0 Å². The Balaban J connectivity index is 2.17. The first-order valence-electron chi connectivity index (χ1n) is 6.09. The highest BCUT2D eigenvalue weighted by molar-refractivity contribution is 5.79. The number of carbonyl (C=O) groups is 1. The van der Waals surface area contributed by atoms with Crippen LogP contribution in [-0.2, 0) is 4.79 Å². The summed E-state index contributed by atoms with van der Waals surface area (Å²) >= 11 is 0. The van der Waals surface area contributed by atoms with Crippen molar-refractivity contribution in [2.75, 3.05) is 7.05 Å². The van der Waals surface area contributed by atoms with Crippen LogP contribution >= 0.6 is 0 Å². The number of benzene rings is 1. The standard InChI is InChI=1S/C14H14F3NO2/c1-9(18(2)13(19)8-14(15,16)17)12-7-10-5-3-4-6-11(10)20-12/h3-7,9H,8H2,1-2H3/t9-/m0/s1. The molecule has 0 saturated heterocycles. The van der Waals surface area contributed by atoms with Crippen molar-refractivity contribution in [2.24, 2.45) is 0 Å². The Hall–Kier alpha value is -1.98. The van der Waals surface area contributed by atoms with E-state index >= 15 is 0 Å². The Morgan fingerprint density at radius 3 is 2.60 bits per heavy atom. The summed E-state index contributed by atoms with van der Waals surface area (Å²) in [6.07, 6.45) is -5.97. The molecular weight excluding hydrogens is 271 g/mol. The van der Waals surface area contributed by atoms with Crippen molar-refractivity contribution >= 4 is 16.9 Å². The molecule has 108 valence electrons. The van der Waals surface area contributed by atoms with Gasteiger partial charge in [-0.05, 0) is 19.1 Å². The lowest BCUT2D eigenvalue weighted by molar-refractivity contribution is -0.162. The number of furan rings is 1. The van der Waals surface area contributed by atoms with Crippen molar-refractivity contribution in [1.82, 2.24) is 4.90 Å². The van der Waals surface area contributed by atoms with Gasteiger partial charge in [-0.1, -0.05) is 18.2 Å². The fourth-order valence-electron chi connectivity index (χ4n) is 1.91. The second-order valence-corrected chi connectivity index (χ2v) is 4.66. The van der Waals surface area contributed by atoms with Gasteiger partial charge in [0, 0.05) is 12.4 Å². The van der Waals surface area contributed by atoms with Gasteiger partial charge in [0.05, 0.1) is 6.04 Å². The zero-order chi connectivity index (χ0) is 14.9. The molecule has 0 unspecified atom stereocenters. The van der Waals surface area contributed by atoms with Gasteiger partial charge in [0.2, 0.25) is 5.91 Å². The quantitative estimate of drug-likeness (QED) is 0.856. The number of para-hydroxylation sites is 1. The molecule has 0 aliphatic rings. The van der Waals surface area contributed by atoms with Crippen LogP contribution in [0.4, 0.5) is 13.2 Å². The average Bonchev–Trinajstić information content (AvgIpc) is 2.78. The summed E-state index contributed by atoms with van der Waals surface area (Å²) in [5.41, 5.74) is 0.644. The molecule has 1 amide bonds. The highest BCUT2D eigenvalue weighted by Gasteiger charge is 2.34. The molecule has 0 bridgehead atoms. The van der Waals surface area contributed by atoms with E-state index in [9.17, 15) is 18.0 Å². The monoisotopic (exact) mass is 285 g/mol. The molecule has 0 fully saturated rings. The molecular formula is C14H14F3NO2. The first-order chi connectivity index (χ1) is 9.28. The maximum Gasteiger partial charge on any atom is 0.397 e. The van der Waals surface area contributed by atoms with Crippen LogP contribution in [-0.4, -0.2) is 24.0 Å². The van der Waals surface area contributed by atoms with Crippen molar-refractivity contribution in [2.45, 2.75) is 25.6 Å². The van der Waals surface area contributed by atoms with E-state index in [-0.39, 0.29) is 0 Å². The van der Waals surface area contributed by atoms with Gasteiger partial charge < -0.3 is 9.32 Å². The minimum Gasteiger partial charge on any atom is -0.459 e. The van der Waals surface area contributed by atoms with Gasteiger partial charge in [0.15, 0.2) is 0 Å². The number of hydrogen-bond acceptors (Lipinski definition) is 2. The molecule has 0 aliphatic heterocycles. The first-order valence-corrected chi connectivity index (χ1v) is 6.09. The van der Waals surface area contributed by atoms with Gasteiger partial charge in [-0.25, -0.2) is 0 Å². The Morgan fingerprint density at radius 1 is 1.35 bits per heavy atom. The molecule has 0 radical (unpaired) electrons. The third kappa shape index (κ3) is 3.12. The molecule has 6 heteroatoms. The molecule has 0 aliphatic carbocycles. The maximum atomic E-state index is 12.2. The van der Waals surface area contributed by atoms with E-state index in [0.717, 1.165) is 10.3 Å². The number of alkyl halides is 3. The summed E-state index contributed by atoms with van der Waals surface area (Å²) in [6.45, 7) is 1.63. The highest BCUT2D eigenvalue weighted by atomic mass is 19.4. The van der Waals surface area contributed by atoms with Crippen LogP contribution in [0.25, 0.3) is 11.0 Å². The Kier molecular flexibility index (Phi) is 3.74. The van der Waals surface area contributed by atoms with Gasteiger partial charge in [0.25, 0.3) is 0 Å². The minimum atomic E-state index is -4.50. The van der Waals surface area contributed by atoms with Crippen LogP contribution in [0.15, 0.2) is 34.7 Å². The smallest absolute Gasteiger partial charge is 0.397 e. The minimum absolute atomic E-state index is 0.462. The molecule has 0 N–H and O–H groups in total. The van der Waals surface area contributed by atoms with E-state index in [1.54, 1.807) is 25.1 Å². The number of nitrogens with zero attached hydrogens (tertiary/aromatic N) is 1. The number of carbonyl (C=O) groups excluding carboxylic acids is 1. The van der Waals surface area contributed by atoms with Crippen LogP contribution in [0, 0.1) is 0 Å². The van der Waals surface area contributed by atoms with E-state index in [1.165, 1.54) is 7.05 Å². The summed E-state index contributed by atoms with van der Waals surface area (Å²) in [6, 6.07) is 8.42. The van der Waals surface area contributed by atoms with Crippen molar-refractivity contribution in [1.29, 1.82) is 0 Å².